The fourth-order valence-electron chi connectivity index (χ4n) is 2.59. The predicted molar refractivity (Wildman–Crippen MR) is 87.3 cm³/mol. The first kappa shape index (κ1) is 16.8. The normalized spacial score (nSPS) is 13.0. The molecule has 1 aromatic rings. The summed E-state index contributed by atoms with van der Waals surface area (Å²) in [5.74, 6) is 0.716. The van der Waals surface area contributed by atoms with Gasteiger partial charge in [0.25, 0.3) is 5.91 Å². The Morgan fingerprint density at radius 3 is 2.86 bits per heavy atom. The predicted octanol–water partition coefficient (Wildman–Crippen LogP) is 2.88. The average Bonchev–Trinajstić information content (AvgIpc) is 2.99. The van der Waals surface area contributed by atoms with E-state index in [2.05, 4.69) is 24.4 Å². The maximum atomic E-state index is 11.7. The van der Waals surface area contributed by atoms with Crippen molar-refractivity contribution >= 4 is 5.91 Å². The molecule has 4 heteroatoms. The molecule has 4 nitrogen and oxygen atoms in total. The molecule has 0 fully saturated rings. The number of hydrogen-bond acceptors (Lipinski definition) is 3. The monoisotopic (exact) mass is 305 g/mol. The summed E-state index contributed by atoms with van der Waals surface area (Å²) in [6, 6.07) is 6.14. The second-order valence-electron chi connectivity index (χ2n) is 5.74. The molecule has 0 aliphatic heterocycles. The van der Waals surface area contributed by atoms with E-state index in [0.717, 1.165) is 44.5 Å². The molecule has 1 aliphatic carbocycles. The van der Waals surface area contributed by atoms with E-state index in [-0.39, 0.29) is 12.5 Å². The maximum Gasteiger partial charge on any atom is 0.257 e. The number of fused-ring (bicyclic) bond motifs is 1. The number of rotatable bonds is 10. The molecule has 1 aliphatic rings. The molecule has 0 unspecified atom stereocenters. The Labute approximate surface area is 133 Å². The first-order chi connectivity index (χ1) is 10.8. The molecule has 0 bridgehead atoms. The van der Waals surface area contributed by atoms with Crippen LogP contribution in [0.15, 0.2) is 18.2 Å². The molecule has 0 radical (unpaired) electrons. The minimum Gasteiger partial charge on any atom is -0.484 e. The number of unbranched alkanes of at least 4 members (excludes halogenated alkanes) is 1. The van der Waals surface area contributed by atoms with Crippen LogP contribution in [-0.2, 0) is 22.4 Å². The van der Waals surface area contributed by atoms with Crippen LogP contribution >= 0.6 is 0 Å². The standard InChI is InChI=1S/C18H27NO3/c1-2-3-11-21-12-5-10-19-18(20)14-22-17-9-8-15-6-4-7-16(15)13-17/h8-9,13H,2-7,10-12,14H2,1H3,(H,19,20). The molecule has 0 atom stereocenters. The van der Waals surface area contributed by atoms with E-state index in [9.17, 15) is 4.79 Å². The van der Waals surface area contributed by atoms with E-state index >= 15 is 0 Å². The summed E-state index contributed by atoms with van der Waals surface area (Å²) in [6.07, 6.45) is 6.60. The number of carbonyl (C=O) groups is 1. The van der Waals surface area contributed by atoms with Crippen LogP contribution in [0.25, 0.3) is 0 Å². The van der Waals surface area contributed by atoms with E-state index in [1.165, 1.54) is 17.5 Å². The Hall–Kier alpha value is -1.55. The number of carbonyl (C=O) groups excluding carboxylic acids is 1. The molecule has 1 aromatic carbocycles. The van der Waals surface area contributed by atoms with Crippen LogP contribution in [0.4, 0.5) is 0 Å². The first-order valence-electron chi connectivity index (χ1n) is 8.38. The highest BCUT2D eigenvalue weighted by Crippen LogP contribution is 2.25. The molecule has 0 saturated heterocycles. The lowest BCUT2D eigenvalue weighted by molar-refractivity contribution is -0.123. The molecule has 1 N–H and O–H groups in total. The van der Waals surface area contributed by atoms with E-state index in [1.807, 2.05) is 6.07 Å². The van der Waals surface area contributed by atoms with Gasteiger partial charge in [0.2, 0.25) is 0 Å². The summed E-state index contributed by atoms with van der Waals surface area (Å²) in [7, 11) is 0. The van der Waals surface area contributed by atoms with Crippen LogP contribution in [0.1, 0.15) is 43.7 Å². The Morgan fingerprint density at radius 1 is 1.18 bits per heavy atom. The molecule has 0 aromatic heterocycles. The lowest BCUT2D eigenvalue weighted by Crippen LogP contribution is -2.30. The van der Waals surface area contributed by atoms with Gasteiger partial charge in [0.1, 0.15) is 5.75 Å². The molecule has 0 spiro atoms. The number of amides is 1. The zero-order valence-corrected chi connectivity index (χ0v) is 13.5. The average molecular weight is 305 g/mol. The summed E-state index contributed by atoms with van der Waals surface area (Å²) in [4.78, 5) is 11.7. The van der Waals surface area contributed by atoms with Gasteiger partial charge < -0.3 is 14.8 Å². The smallest absolute Gasteiger partial charge is 0.257 e. The first-order valence-corrected chi connectivity index (χ1v) is 8.38. The van der Waals surface area contributed by atoms with Crippen molar-refractivity contribution in [1.29, 1.82) is 0 Å². The summed E-state index contributed by atoms with van der Waals surface area (Å²) >= 11 is 0. The van der Waals surface area contributed by atoms with E-state index in [1.54, 1.807) is 0 Å². The molecule has 0 saturated carbocycles. The number of benzene rings is 1. The lowest BCUT2D eigenvalue weighted by Gasteiger charge is -2.09. The molecule has 1 amide bonds. The molecule has 0 heterocycles. The highest BCUT2D eigenvalue weighted by molar-refractivity contribution is 5.77. The number of aryl methyl sites for hydroxylation is 2. The van der Waals surface area contributed by atoms with Crippen molar-refractivity contribution in [2.24, 2.45) is 0 Å². The third-order valence-electron chi connectivity index (χ3n) is 3.87. The van der Waals surface area contributed by atoms with Crippen LogP contribution < -0.4 is 10.1 Å². The topological polar surface area (TPSA) is 47.6 Å². The van der Waals surface area contributed by atoms with Gasteiger partial charge in [-0.1, -0.05) is 19.4 Å². The minimum absolute atomic E-state index is 0.0749. The van der Waals surface area contributed by atoms with Crippen LogP contribution in [0.5, 0.6) is 5.75 Å². The van der Waals surface area contributed by atoms with Gasteiger partial charge in [-0.05, 0) is 55.4 Å². The van der Waals surface area contributed by atoms with Crippen LogP contribution in [0.2, 0.25) is 0 Å². The van der Waals surface area contributed by atoms with E-state index < -0.39 is 0 Å². The summed E-state index contributed by atoms with van der Waals surface area (Å²) in [6.45, 7) is 4.37. The second kappa shape index (κ2) is 9.46. The van der Waals surface area contributed by atoms with Crippen molar-refractivity contribution in [3.63, 3.8) is 0 Å². The highest BCUT2D eigenvalue weighted by atomic mass is 16.5. The van der Waals surface area contributed by atoms with E-state index in [4.69, 9.17) is 9.47 Å². The minimum atomic E-state index is -0.0749. The van der Waals surface area contributed by atoms with Crippen molar-refractivity contribution in [3.8, 4) is 5.75 Å². The zero-order chi connectivity index (χ0) is 15.6. The van der Waals surface area contributed by atoms with Crippen molar-refractivity contribution in [2.75, 3.05) is 26.4 Å². The van der Waals surface area contributed by atoms with Crippen molar-refractivity contribution in [2.45, 2.75) is 45.4 Å². The number of nitrogens with one attached hydrogen (secondary N) is 1. The van der Waals surface area contributed by atoms with Gasteiger partial charge in [0.15, 0.2) is 6.61 Å². The fourth-order valence-corrected chi connectivity index (χ4v) is 2.59. The summed E-state index contributed by atoms with van der Waals surface area (Å²) < 4.78 is 11.0. The molecule has 2 rings (SSSR count). The second-order valence-corrected chi connectivity index (χ2v) is 5.74. The zero-order valence-electron chi connectivity index (χ0n) is 13.5. The molecule has 122 valence electrons. The third kappa shape index (κ3) is 5.68. The Kier molecular flexibility index (Phi) is 7.23. The Balaban J connectivity index is 1.56. The van der Waals surface area contributed by atoms with Crippen molar-refractivity contribution < 1.29 is 14.3 Å². The highest BCUT2D eigenvalue weighted by Gasteiger charge is 2.11. The van der Waals surface area contributed by atoms with Gasteiger partial charge in [-0.15, -0.1) is 0 Å². The van der Waals surface area contributed by atoms with Crippen molar-refractivity contribution in [3.05, 3.63) is 29.3 Å². The van der Waals surface area contributed by atoms with E-state index in [0.29, 0.717) is 13.2 Å². The van der Waals surface area contributed by atoms with Gasteiger partial charge in [-0.2, -0.15) is 0 Å². The quantitative estimate of drug-likeness (QED) is 0.676. The molecule has 22 heavy (non-hydrogen) atoms. The van der Waals surface area contributed by atoms with Crippen molar-refractivity contribution in [1.82, 2.24) is 5.32 Å². The van der Waals surface area contributed by atoms with Gasteiger partial charge in [0.05, 0.1) is 0 Å². The van der Waals surface area contributed by atoms with Gasteiger partial charge in [-0.3, -0.25) is 4.79 Å². The molecular formula is C18H27NO3. The van der Waals surface area contributed by atoms with Gasteiger partial charge in [-0.25, -0.2) is 0 Å². The molecular weight excluding hydrogens is 278 g/mol. The number of hydrogen-bond donors (Lipinski definition) is 1. The largest absolute Gasteiger partial charge is 0.484 e. The summed E-state index contributed by atoms with van der Waals surface area (Å²) in [5.41, 5.74) is 2.78. The van der Waals surface area contributed by atoms with Crippen LogP contribution in [0, 0.1) is 0 Å². The van der Waals surface area contributed by atoms with Crippen LogP contribution in [-0.4, -0.2) is 32.3 Å². The summed E-state index contributed by atoms with van der Waals surface area (Å²) in [5, 5.41) is 2.85. The lowest BCUT2D eigenvalue weighted by atomic mass is 10.1. The SMILES string of the molecule is CCCCOCCCNC(=O)COc1ccc2c(c1)CCC2. The maximum absolute atomic E-state index is 11.7. The Morgan fingerprint density at radius 2 is 2.00 bits per heavy atom. The Bertz CT molecular complexity index is 473. The fraction of sp³-hybridized carbons (Fsp3) is 0.611. The van der Waals surface area contributed by atoms with Gasteiger partial charge in [0, 0.05) is 19.8 Å². The number of ether oxygens (including phenoxy) is 2. The third-order valence-corrected chi connectivity index (χ3v) is 3.87. The van der Waals surface area contributed by atoms with Crippen LogP contribution in [0.3, 0.4) is 0 Å². The van der Waals surface area contributed by atoms with Gasteiger partial charge >= 0.3 is 0 Å².